The van der Waals surface area contributed by atoms with Crippen LogP contribution in [0.5, 0.6) is 0 Å². The fourth-order valence-corrected chi connectivity index (χ4v) is 1.87. The van der Waals surface area contributed by atoms with Crippen LogP contribution in [0.2, 0.25) is 0 Å². The van der Waals surface area contributed by atoms with Crippen LogP contribution < -0.4 is 16.4 Å². The summed E-state index contributed by atoms with van der Waals surface area (Å²) >= 11 is 4.75. The molecule has 0 fully saturated rings. The molecule has 0 saturated carbocycles. The fraction of sp³-hybridized carbons (Fsp3) is 0.0667. The van der Waals surface area contributed by atoms with Gasteiger partial charge in [-0.3, -0.25) is 4.79 Å². The van der Waals surface area contributed by atoms with E-state index in [1.165, 1.54) is 0 Å². The van der Waals surface area contributed by atoms with E-state index in [2.05, 4.69) is 10.6 Å². The lowest BCUT2D eigenvalue weighted by Gasteiger charge is -2.09. The Labute approximate surface area is 123 Å². The second-order valence-corrected chi connectivity index (χ2v) is 4.78. The minimum atomic E-state index is -0.152. The number of rotatable bonds is 3. The van der Waals surface area contributed by atoms with Gasteiger partial charge in [-0.1, -0.05) is 18.2 Å². The van der Waals surface area contributed by atoms with E-state index in [-0.39, 0.29) is 11.0 Å². The maximum Gasteiger partial charge on any atom is 0.255 e. The number of hydrogen-bond donors (Lipinski definition) is 3. The van der Waals surface area contributed by atoms with Crippen LogP contribution in [0.1, 0.15) is 15.9 Å². The van der Waals surface area contributed by atoms with Crippen LogP contribution in [0.15, 0.2) is 48.5 Å². The summed E-state index contributed by atoms with van der Waals surface area (Å²) in [7, 11) is 0. The van der Waals surface area contributed by atoms with Gasteiger partial charge >= 0.3 is 0 Å². The predicted molar refractivity (Wildman–Crippen MR) is 86.0 cm³/mol. The van der Waals surface area contributed by atoms with E-state index in [1.807, 2.05) is 31.2 Å². The molecule has 0 bridgehead atoms. The van der Waals surface area contributed by atoms with Crippen molar-refractivity contribution < 1.29 is 4.79 Å². The third-order valence-electron chi connectivity index (χ3n) is 2.81. The van der Waals surface area contributed by atoms with Crippen molar-refractivity contribution in [2.75, 3.05) is 10.6 Å². The highest BCUT2D eigenvalue weighted by Crippen LogP contribution is 2.15. The smallest absolute Gasteiger partial charge is 0.255 e. The van der Waals surface area contributed by atoms with Crippen LogP contribution in [-0.2, 0) is 0 Å². The lowest BCUT2D eigenvalue weighted by atomic mass is 10.1. The standard InChI is InChI=1S/C15H15N3OS/c1-10-4-2-3-5-13(10)18-14(19)11-6-8-12(9-7-11)17-15(16)20/h2-9H,1H3,(H,18,19)(H3,16,17,20). The van der Waals surface area contributed by atoms with Crippen molar-refractivity contribution in [1.82, 2.24) is 0 Å². The van der Waals surface area contributed by atoms with Gasteiger partial charge in [-0.2, -0.15) is 0 Å². The normalized spacial score (nSPS) is 9.85. The zero-order valence-electron chi connectivity index (χ0n) is 11.0. The monoisotopic (exact) mass is 285 g/mol. The third-order valence-corrected chi connectivity index (χ3v) is 2.91. The van der Waals surface area contributed by atoms with E-state index in [9.17, 15) is 4.79 Å². The maximum atomic E-state index is 12.1. The van der Waals surface area contributed by atoms with Crippen LogP contribution in [0.4, 0.5) is 11.4 Å². The summed E-state index contributed by atoms with van der Waals surface area (Å²) in [5.74, 6) is -0.152. The first-order valence-electron chi connectivity index (χ1n) is 6.10. The molecule has 4 nitrogen and oxygen atoms in total. The quantitative estimate of drug-likeness (QED) is 0.759. The number of para-hydroxylation sites is 1. The Bertz CT molecular complexity index is 638. The second-order valence-electron chi connectivity index (χ2n) is 4.34. The first kappa shape index (κ1) is 14.0. The molecule has 0 atom stereocenters. The Morgan fingerprint density at radius 3 is 2.30 bits per heavy atom. The second kappa shape index (κ2) is 6.16. The first-order chi connectivity index (χ1) is 9.56. The molecular formula is C15H15N3OS. The summed E-state index contributed by atoms with van der Waals surface area (Å²) in [6.07, 6.45) is 0. The summed E-state index contributed by atoms with van der Waals surface area (Å²) in [5, 5.41) is 5.88. The van der Waals surface area contributed by atoms with Crippen molar-refractivity contribution in [2.45, 2.75) is 6.92 Å². The average molecular weight is 285 g/mol. The molecule has 2 aromatic carbocycles. The van der Waals surface area contributed by atoms with E-state index in [0.29, 0.717) is 5.56 Å². The number of carbonyl (C=O) groups is 1. The highest BCUT2D eigenvalue weighted by molar-refractivity contribution is 7.80. The van der Waals surface area contributed by atoms with Gasteiger partial charge in [0.05, 0.1) is 0 Å². The van der Waals surface area contributed by atoms with E-state index >= 15 is 0 Å². The summed E-state index contributed by atoms with van der Waals surface area (Å²) < 4.78 is 0. The molecule has 2 rings (SSSR count). The van der Waals surface area contributed by atoms with Gasteiger partial charge < -0.3 is 16.4 Å². The number of carbonyl (C=O) groups excluding carboxylic acids is 1. The molecule has 0 aliphatic carbocycles. The zero-order valence-corrected chi connectivity index (χ0v) is 11.8. The zero-order chi connectivity index (χ0) is 14.5. The average Bonchev–Trinajstić information content (AvgIpc) is 2.41. The van der Waals surface area contributed by atoms with Gasteiger partial charge in [-0.05, 0) is 55.0 Å². The van der Waals surface area contributed by atoms with Crippen LogP contribution >= 0.6 is 12.2 Å². The van der Waals surface area contributed by atoms with E-state index < -0.39 is 0 Å². The number of amides is 1. The first-order valence-corrected chi connectivity index (χ1v) is 6.50. The van der Waals surface area contributed by atoms with E-state index in [1.54, 1.807) is 24.3 Å². The Morgan fingerprint density at radius 1 is 1.05 bits per heavy atom. The molecule has 0 saturated heterocycles. The Morgan fingerprint density at radius 2 is 1.70 bits per heavy atom. The van der Waals surface area contributed by atoms with Gasteiger partial charge in [-0.15, -0.1) is 0 Å². The molecule has 0 aliphatic heterocycles. The maximum absolute atomic E-state index is 12.1. The predicted octanol–water partition coefficient (Wildman–Crippen LogP) is 2.90. The summed E-state index contributed by atoms with van der Waals surface area (Å²) in [6, 6.07) is 14.6. The van der Waals surface area contributed by atoms with Crippen molar-refractivity contribution in [3.05, 3.63) is 59.7 Å². The molecule has 2 aromatic rings. The Balaban J connectivity index is 2.10. The molecule has 0 aliphatic rings. The molecule has 5 heteroatoms. The largest absolute Gasteiger partial charge is 0.376 e. The number of anilines is 2. The van der Waals surface area contributed by atoms with Crippen LogP contribution in [0.3, 0.4) is 0 Å². The van der Waals surface area contributed by atoms with Crippen molar-refractivity contribution >= 4 is 34.6 Å². The van der Waals surface area contributed by atoms with Crippen LogP contribution in [-0.4, -0.2) is 11.0 Å². The highest BCUT2D eigenvalue weighted by Gasteiger charge is 2.07. The summed E-state index contributed by atoms with van der Waals surface area (Å²) in [5.41, 5.74) is 8.54. The number of hydrogen-bond acceptors (Lipinski definition) is 2. The number of nitrogens with two attached hydrogens (primary N) is 1. The minimum Gasteiger partial charge on any atom is -0.376 e. The van der Waals surface area contributed by atoms with Gasteiger partial charge in [0.2, 0.25) is 0 Å². The molecule has 1 amide bonds. The lowest BCUT2D eigenvalue weighted by molar-refractivity contribution is 0.102. The van der Waals surface area contributed by atoms with Crippen LogP contribution in [0, 0.1) is 6.92 Å². The third kappa shape index (κ3) is 3.55. The molecule has 102 valence electrons. The van der Waals surface area contributed by atoms with Crippen molar-refractivity contribution in [1.29, 1.82) is 0 Å². The lowest BCUT2D eigenvalue weighted by Crippen LogP contribution is -2.19. The van der Waals surface area contributed by atoms with E-state index in [4.69, 9.17) is 18.0 Å². The van der Waals surface area contributed by atoms with Gasteiger partial charge in [0.15, 0.2) is 5.11 Å². The minimum absolute atomic E-state index is 0.152. The van der Waals surface area contributed by atoms with Gasteiger partial charge in [0.1, 0.15) is 0 Å². The SMILES string of the molecule is Cc1ccccc1NC(=O)c1ccc(NC(N)=S)cc1. The molecule has 0 unspecified atom stereocenters. The van der Waals surface area contributed by atoms with Crippen LogP contribution in [0.25, 0.3) is 0 Å². The summed E-state index contributed by atoms with van der Waals surface area (Å²) in [4.78, 5) is 12.1. The topological polar surface area (TPSA) is 67.2 Å². The number of benzene rings is 2. The van der Waals surface area contributed by atoms with Crippen molar-refractivity contribution in [2.24, 2.45) is 5.73 Å². The van der Waals surface area contributed by atoms with Crippen molar-refractivity contribution in [3.63, 3.8) is 0 Å². The number of thiocarbonyl (C=S) groups is 1. The Hall–Kier alpha value is -2.40. The number of nitrogens with one attached hydrogen (secondary N) is 2. The molecule has 0 heterocycles. The number of aryl methyl sites for hydroxylation is 1. The molecule has 4 N–H and O–H groups in total. The van der Waals surface area contributed by atoms with Crippen molar-refractivity contribution in [3.8, 4) is 0 Å². The van der Waals surface area contributed by atoms with Gasteiger partial charge in [0.25, 0.3) is 5.91 Å². The molecule has 0 aromatic heterocycles. The molecule has 0 radical (unpaired) electrons. The fourth-order valence-electron chi connectivity index (χ4n) is 1.75. The molecule has 0 spiro atoms. The molecular weight excluding hydrogens is 270 g/mol. The van der Waals surface area contributed by atoms with E-state index in [0.717, 1.165) is 16.9 Å². The van der Waals surface area contributed by atoms with Gasteiger partial charge in [0, 0.05) is 16.9 Å². The Kier molecular flexibility index (Phi) is 4.32. The molecule has 20 heavy (non-hydrogen) atoms. The highest BCUT2D eigenvalue weighted by atomic mass is 32.1. The summed E-state index contributed by atoms with van der Waals surface area (Å²) in [6.45, 7) is 1.95. The van der Waals surface area contributed by atoms with Gasteiger partial charge in [-0.25, -0.2) is 0 Å².